The third-order valence-corrected chi connectivity index (χ3v) is 11.4. The van der Waals surface area contributed by atoms with Crippen LogP contribution in [0.15, 0.2) is 108 Å². The van der Waals surface area contributed by atoms with Gasteiger partial charge in [-0.15, -0.1) is 0 Å². The van der Waals surface area contributed by atoms with E-state index in [9.17, 15) is 29.7 Å². The standard InChI is InChI=1S/C45H51N5O7/c1-2-49(23-7-22-46-27-40(52)36-16-18-39(51)42-37(36)17-19-41(53)47-42)44(54)33-14-12-30(13-15-33)29-57-35-11-6-10-34(26-35)43(32-8-4-3-5-9-32)50(45(55)56)38-28-48-24-20-31(38)21-25-48/h3-6,8-19,26,31,38,40,43,46,51-52H,2,7,20-25,27-29H2,1H3,(H,47,53)(H,55,56)/t38-,40-,43?/m0/s1. The van der Waals surface area contributed by atoms with Gasteiger partial charge in [-0.05, 0) is 110 Å². The molecule has 3 atom stereocenters. The molecule has 12 nitrogen and oxygen atoms in total. The number of hydrogen-bond acceptors (Lipinski definition) is 8. The van der Waals surface area contributed by atoms with Crippen molar-refractivity contribution in [2.45, 2.75) is 51.0 Å². The summed E-state index contributed by atoms with van der Waals surface area (Å²) >= 11 is 0. The van der Waals surface area contributed by atoms with E-state index in [1.165, 1.54) is 12.1 Å². The van der Waals surface area contributed by atoms with E-state index in [1.807, 2.05) is 85.8 Å². The highest BCUT2D eigenvalue weighted by Crippen LogP contribution is 2.39. The maximum Gasteiger partial charge on any atom is 0.408 e. The Kier molecular flexibility index (Phi) is 12.5. The number of fused-ring (bicyclic) bond motifs is 4. The summed E-state index contributed by atoms with van der Waals surface area (Å²) in [5.74, 6) is 0.854. The molecule has 2 amide bonds. The Labute approximate surface area is 332 Å². The van der Waals surface area contributed by atoms with Gasteiger partial charge in [-0.1, -0.05) is 60.7 Å². The monoisotopic (exact) mass is 773 g/mol. The summed E-state index contributed by atoms with van der Waals surface area (Å²) < 4.78 is 6.26. The van der Waals surface area contributed by atoms with E-state index in [0.717, 1.165) is 49.2 Å². The Balaban J connectivity index is 0.934. The summed E-state index contributed by atoms with van der Waals surface area (Å²) in [6, 6.07) is 30.5. The van der Waals surface area contributed by atoms with E-state index in [1.54, 1.807) is 21.9 Å². The number of nitrogens with one attached hydrogen (secondary N) is 2. The topological polar surface area (TPSA) is 159 Å². The number of aromatic nitrogens is 1. The van der Waals surface area contributed by atoms with Crippen molar-refractivity contribution in [3.05, 3.63) is 141 Å². The fourth-order valence-electron chi connectivity index (χ4n) is 8.41. The number of benzene rings is 4. The molecular formula is C45H51N5O7. The van der Waals surface area contributed by atoms with Crippen molar-refractivity contribution < 1.29 is 29.6 Å². The van der Waals surface area contributed by atoms with Gasteiger partial charge in [-0.3, -0.25) is 14.5 Å². The molecule has 5 aromatic rings. The minimum Gasteiger partial charge on any atom is -0.506 e. The first kappa shape index (κ1) is 39.5. The number of amides is 2. The van der Waals surface area contributed by atoms with E-state index in [0.29, 0.717) is 59.8 Å². The molecule has 3 aliphatic rings. The molecule has 3 saturated heterocycles. The molecule has 0 aliphatic carbocycles. The summed E-state index contributed by atoms with van der Waals surface area (Å²) in [4.78, 5) is 46.6. The largest absolute Gasteiger partial charge is 0.506 e. The lowest BCUT2D eigenvalue weighted by Gasteiger charge is -2.50. The number of aliphatic hydroxyl groups excluding tert-OH is 1. The van der Waals surface area contributed by atoms with Crippen molar-refractivity contribution >= 4 is 22.9 Å². The Morgan fingerprint density at radius 1 is 0.947 bits per heavy atom. The molecule has 3 fully saturated rings. The van der Waals surface area contributed by atoms with Crippen LogP contribution in [0, 0.1) is 5.92 Å². The Morgan fingerprint density at radius 2 is 1.70 bits per heavy atom. The van der Waals surface area contributed by atoms with Crippen LogP contribution in [0.4, 0.5) is 4.79 Å². The van der Waals surface area contributed by atoms with E-state index >= 15 is 0 Å². The Bertz CT molecular complexity index is 2200. The van der Waals surface area contributed by atoms with Crippen LogP contribution < -0.4 is 15.6 Å². The number of ether oxygens (including phenoxy) is 1. The summed E-state index contributed by atoms with van der Waals surface area (Å²) in [5.41, 5.74) is 3.81. The number of piperidine rings is 3. The highest BCUT2D eigenvalue weighted by atomic mass is 16.5. The molecule has 12 heteroatoms. The molecule has 3 aliphatic heterocycles. The van der Waals surface area contributed by atoms with Gasteiger partial charge in [-0.25, -0.2) is 4.79 Å². The third kappa shape index (κ3) is 9.15. The van der Waals surface area contributed by atoms with Gasteiger partial charge < -0.3 is 40.2 Å². The van der Waals surface area contributed by atoms with Gasteiger partial charge >= 0.3 is 6.09 Å². The number of aliphatic hydroxyl groups is 1. The molecule has 298 valence electrons. The predicted molar refractivity (Wildman–Crippen MR) is 219 cm³/mol. The van der Waals surface area contributed by atoms with Gasteiger partial charge in [0.2, 0.25) is 5.56 Å². The first-order chi connectivity index (χ1) is 27.7. The second-order valence-corrected chi connectivity index (χ2v) is 15.0. The number of aromatic hydroxyl groups is 1. The zero-order chi connectivity index (χ0) is 39.9. The summed E-state index contributed by atoms with van der Waals surface area (Å²) in [6.45, 7) is 6.95. The van der Waals surface area contributed by atoms with Crippen LogP contribution in [0.3, 0.4) is 0 Å². The molecule has 0 saturated carbocycles. The molecule has 5 N–H and O–H groups in total. The average molecular weight is 774 g/mol. The van der Waals surface area contributed by atoms with Gasteiger partial charge in [0.25, 0.3) is 5.91 Å². The van der Waals surface area contributed by atoms with Gasteiger partial charge in [-0.2, -0.15) is 0 Å². The Hall–Kier alpha value is -5.69. The first-order valence-electron chi connectivity index (χ1n) is 19.8. The minimum absolute atomic E-state index is 0.0562. The van der Waals surface area contributed by atoms with Crippen molar-refractivity contribution in [3.8, 4) is 11.5 Å². The lowest BCUT2D eigenvalue weighted by atomic mass is 9.81. The number of carbonyl (C=O) groups is 2. The number of phenolic OH excluding ortho intramolecular Hbond substituents is 1. The summed E-state index contributed by atoms with van der Waals surface area (Å²) in [6.07, 6.45) is 0.924. The first-order valence-corrected chi connectivity index (χ1v) is 19.8. The van der Waals surface area contributed by atoms with Crippen LogP contribution in [-0.4, -0.2) is 98.9 Å². The normalized spacial score (nSPS) is 18.5. The number of hydrogen-bond donors (Lipinski definition) is 5. The van der Waals surface area contributed by atoms with Crippen molar-refractivity contribution in [1.29, 1.82) is 0 Å². The van der Waals surface area contributed by atoms with Crippen molar-refractivity contribution in [1.82, 2.24) is 25.0 Å². The summed E-state index contributed by atoms with van der Waals surface area (Å²) in [5, 5.41) is 35.5. The highest BCUT2D eigenvalue weighted by Gasteiger charge is 2.43. The van der Waals surface area contributed by atoms with Crippen LogP contribution in [0.1, 0.15) is 70.9 Å². The van der Waals surface area contributed by atoms with Crippen molar-refractivity contribution in [2.75, 3.05) is 45.8 Å². The number of rotatable bonds is 16. The highest BCUT2D eigenvalue weighted by molar-refractivity contribution is 5.94. The van der Waals surface area contributed by atoms with E-state index in [2.05, 4.69) is 15.2 Å². The predicted octanol–water partition coefficient (Wildman–Crippen LogP) is 6.15. The maximum absolute atomic E-state index is 13.4. The third-order valence-electron chi connectivity index (χ3n) is 11.4. The summed E-state index contributed by atoms with van der Waals surface area (Å²) in [7, 11) is 0. The molecule has 4 heterocycles. The SMILES string of the molecule is CCN(CCCNC[C@H](O)c1ccc(O)c2[nH]c(=O)ccc12)C(=O)c1ccc(COc2cccc(C(c3ccccc3)N(C(=O)O)[C@H]3CN4CCC3CC4)c2)cc1. The van der Waals surface area contributed by atoms with Crippen LogP contribution >= 0.6 is 0 Å². The fraction of sp³-hybridized carbons (Fsp3) is 0.356. The van der Waals surface area contributed by atoms with Crippen LogP contribution in [0.2, 0.25) is 0 Å². The van der Waals surface area contributed by atoms with E-state index in [-0.39, 0.29) is 36.4 Å². The Morgan fingerprint density at radius 3 is 2.40 bits per heavy atom. The van der Waals surface area contributed by atoms with Gasteiger partial charge in [0.15, 0.2) is 0 Å². The van der Waals surface area contributed by atoms with Gasteiger partial charge in [0, 0.05) is 43.2 Å². The average Bonchev–Trinajstić information content (AvgIpc) is 3.24. The molecular weight excluding hydrogens is 723 g/mol. The van der Waals surface area contributed by atoms with Gasteiger partial charge in [0.05, 0.1) is 23.7 Å². The van der Waals surface area contributed by atoms with E-state index in [4.69, 9.17) is 4.74 Å². The lowest BCUT2D eigenvalue weighted by Crippen LogP contribution is -2.59. The quantitative estimate of drug-likeness (QED) is 0.0742. The van der Waals surface area contributed by atoms with Crippen molar-refractivity contribution in [2.24, 2.45) is 5.92 Å². The second kappa shape index (κ2) is 18.1. The molecule has 1 unspecified atom stereocenters. The van der Waals surface area contributed by atoms with Crippen molar-refractivity contribution in [3.63, 3.8) is 0 Å². The second-order valence-electron chi connectivity index (χ2n) is 15.0. The molecule has 1 aromatic heterocycles. The number of phenols is 1. The number of pyridine rings is 1. The molecule has 0 spiro atoms. The number of carboxylic acid groups (broad SMARTS) is 1. The fourth-order valence-corrected chi connectivity index (χ4v) is 8.41. The number of carbonyl (C=O) groups excluding carboxylic acids is 1. The van der Waals surface area contributed by atoms with Crippen LogP contribution in [-0.2, 0) is 6.61 Å². The number of H-pyrrole nitrogens is 1. The molecule has 2 bridgehead atoms. The van der Waals surface area contributed by atoms with Crippen LogP contribution in [0.5, 0.6) is 11.5 Å². The molecule has 4 aromatic carbocycles. The van der Waals surface area contributed by atoms with Gasteiger partial charge in [0.1, 0.15) is 18.1 Å². The lowest BCUT2D eigenvalue weighted by molar-refractivity contribution is -0.000814. The zero-order valence-corrected chi connectivity index (χ0v) is 32.2. The molecule has 57 heavy (non-hydrogen) atoms. The molecule has 8 rings (SSSR count). The smallest absolute Gasteiger partial charge is 0.408 e. The number of aromatic amines is 1. The van der Waals surface area contributed by atoms with E-state index < -0.39 is 18.2 Å². The molecule has 0 radical (unpaired) electrons. The number of nitrogens with zero attached hydrogens (tertiary/aromatic N) is 3. The minimum atomic E-state index is -0.918. The van der Waals surface area contributed by atoms with Crippen LogP contribution in [0.25, 0.3) is 10.9 Å². The zero-order valence-electron chi connectivity index (χ0n) is 32.2. The maximum atomic E-state index is 13.4.